The Bertz CT molecular complexity index is 954. The summed E-state index contributed by atoms with van der Waals surface area (Å²) >= 11 is 10.3. The first kappa shape index (κ1) is 21.5. The van der Waals surface area contributed by atoms with Gasteiger partial charge < -0.3 is 14.7 Å². The van der Waals surface area contributed by atoms with E-state index in [1.54, 1.807) is 18.2 Å². The number of benzene rings is 3. The zero-order chi connectivity index (χ0) is 21.4. The summed E-state index contributed by atoms with van der Waals surface area (Å²) < 4.78 is 42.8. The van der Waals surface area contributed by atoms with Crippen LogP contribution in [0.15, 0.2) is 68.0 Å². The van der Waals surface area contributed by atoms with Crippen molar-refractivity contribution in [1.82, 2.24) is 0 Å². The molecule has 9 heteroatoms. The molecule has 0 radical (unpaired) electrons. The molecule has 4 rings (SSSR count). The lowest BCUT2D eigenvalue weighted by Crippen LogP contribution is -2.56. The van der Waals surface area contributed by atoms with Gasteiger partial charge >= 0.3 is 0 Å². The van der Waals surface area contributed by atoms with Crippen molar-refractivity contribution in [3.8, 4) is 0 Å². The highest BCUT2D eigenvalue weighted by molar-refractivity contribution is 9.11. The predicted octanol–water partition coefficient (Wildman–Crippen LogP) is 7.10. The average Bonchev–Trinajstić information content (AvgIpc) is 2.67. The summed E-state index contributed by atoms with van der Waals surface area (Å²) in [6.07, 6.45) is 0. The maximum atomic E-state index is 13.6. The Kier molecular flexibility index (Phi) is 6.31. The number of nitrogens with zero attached hydrogens (tertiary/aromatic N) is 3. The van der Waals surface area contributed by atoms with Crippen molar-refractivity contribution in [2.75, 3.05) is 34.7 Å². The van der Waals surface area contributed by atoms with Gasteiger partial charge in [0, 0.05) is 13.4 Å². The first-order valence-corrected chi connectivity index (χ1v) is 11.3. The molecule has 0 amide bonds. The van der Waals surface area contributed by atoms with Gasteiger partial charge in [0.1, 0.15) is 17.5 Å². The van der Waals surface area contributed by atoms with Crippen LogP contribution in [0.1, 0.15) is 0 Å². The normalized spacial score (nSPS) is 14.4. The summed E-state index contributed by atoms with van der Waals surface area (Å²) in [6, 6.07) is 13.6. The second-order valence-electron chi connectivity index (χ2n) is 6.83. The second kappa shape index (κ2) is 8.80. The molecule has 1 saturated heterocycles. The van der Waals surface area contributed by atoms with Crippen LogP contribution in [-0.4, -0.2) is 20.0 Å². The van der Waals surface area contributed by atoms with Gasteiger partial charge in [-0.05, 0) is 102 Å². The van der Waals surface area contributed by atoms with Crippen LogP contribution in [-0.2, 0) is 0 Å². The van der Waals surface area contributed by atoms with Crippen molar-refractivity contribution in [3.63, 3.8) is 0 Å². The summed E-state index contributed by atoms with van der Waals surface area (Å²) in [5.74, 6) is -1.00. The fraction of sp³-hybridized carbons (Fsp3) is 0.143. The first-order chi connectivity index (χ1) is 14.3. The Labute approximate surface area is 197 Å². The summed E-state index contributed by atoms with van der Waals surface area (Å²) in [5.41, 5.74) is 2.42. The van der Waals surface area contributed by atoms with Gasteiger partial charge in [-0.1, -0.05) is 0 Å². The van der Waals surface area contributed by atoms with Gasteiger partial charge in [-0.2, -0.15) is 0 Å². The number of hydrogen-bond acceptors (Lipinski definition) is 3. The molecular formula is C21H15Br3F3N3. The third kappa shape index (κ3) is 4.48. The van der Waals surface area contributed by atoms with E-state index in [-0.39, 0.29) is 17.5 Å². The lowest BCUT2D eigenvalue weighted by atomic mass is 10.2. The van der Waals surface area contributed by atoms with Crippen molar-refractivity contribution in [1.29, 1.82) is 0 Å². The highest BCUT2D eigenvalue weighted by Gasteiger charge is 2.27. The predicted molar refractivity (Wildman–Crippen MR) is 124 cm³/mol. The van der Waals surface area contributed by atoms with E-state index < -0.39 is 0 Å². The van der Waals surface area contributed by atoms with Gasteiger partial charge in [-0.3, -0.25) is 0 Å². The maximum absolute atomic E-state index is 13.6. The zero-order valence-corrected chi connectivity index (χ0v) is 20.2. The molecule has 3 aromatic carbocycles. The van der Waals surface area contributed by atoms with Crippen LogP contribution in [0.2, 0.25) is 0 Å². The van der Waals surface area contributed by atoms with Crippen LogP contribution in [0.3, 0.4) is 0 Å². The molecule has 0 aliphatic carbocycles. The maximum Gasteiger partial charge on any atom is 0.124 e. The van der Waals surface area contributed by atoms with Crippen LogP contribution in [0.5, 0.6) is 0 Å². The van der Waals surface area contributed by atoms with E-state index in [9.17, 15) is 13.2 Å². The Morgan fingerprint density at radius 1 is 0.500 bits per heavy atom. The van der Waals surface area contributed by atoms with Crippen molar-refractivity contribution in [2.45, 2.75) is 0 Å². The van der Waals surface area contributed by atoms with Crippen molar-refractivity contribution >= 4 is 64.9 Å². The summed E-state index contributed by atoms with van der Waals surface area (Å²) in [6.45, 7) is 1.47. The summed E-state index contributed by atoms with van der Waals surface area (Å²) in [4.78, 5) is 6.16. The molecule has 0 atom stereocenters. The van der Waals surface area contributed by atoms with Gasteiger partial charge in [-0.25, -0.2) is 13.2 Å². The summed E-state index contributed by atoms with van der Waals surface area (Å²) in [5, 5.41) is 0. The molecular weight excluding hydrogens is 591 g/mol. The van der Waals surface area contributed by atoms with Crippen molar-refractivity contribution < 1.29 is 13.2 Å². The minimum Gasteiger partial charge on any atom is -0.335 e. The number of anilines is 3. The van der Waals surface area contributed by atoms with Crippen molar-refractivity contribution in [2.24, 2.45) is 0 Å². The fourth-order valence-corrected chi connectivity index (χ4v) is 5.23. The smallest absolute Gasteiger partial charge is 0.124 e. The number of halogens is 6. The highest BCUT2D eigenvalue weighted by Crippen LogP contribution is 2.36. The SMILES string of the molecule is Fc1ccc(N2CN(c3ccc(F)cc3Br)CN(c3ccc(F)cc3Br)C2)c(Br)c1. The topological polar surface area (TPSA) is 9.72 Å². The van der Waals surface area contributed by atoms with Gasteiger partial charge in [0.25, 0.3) is 0 Å². The highest BCUT2D eigenvalue weighted by atomic mass is 79.9. The van der Waals surface area contributed by atoms with E-state index in [0.29, 0.717) is 33.4 Å². The number of rotatable bonds is 3. The van der Waals surface area contributed by atoms with Crippen LogP contribution < -0.4 is 14.7 Å². The Hall–Kier alpha value is -1.71. The lowest BCUT2D eigenvalue weighted by molar-refractivity contribution is 0.599. The van der Waals surface area contributed by atoms with E-state index in [1.807, 2.05) is 0 Å². The molecule has 1 aliphatic rings. The van der Waals surface area contributed by atoms with Crippen LogP contribution in [0.4, 0.5) is 30.2 Å². The van der Waals surface area contributed by atoms with E-state index in [0.717, 1.165) is 17.1 Å². The molecule has 156 valence electrons. The molecule has 0 spiro atoms. The standard InChI is InChI=1S/C21H15Br3F3N3/c22-16-7-13(25)1-4-19(16)28-10-29(20-5-2-14(26)8-17(20)23)12-30(11-28)21-6-3-15(27)9-18(21)24/h1-9H,10-12H2. The molecule has 3 aromatic rings. The molecule has 0 bridgehead atoms. The Morgan fingerprint density at radius 2 is 0.767 bits per heavy atom. The van der Waals surface area contributed by atoms with E-state index >= 15 is 0 Å². The molecule has 3 nitrogen and oxygen atoms in total. The van der Waals surface area contributed by atoms with Gasteiger partial charge in [0.05, 0.1) is 37.1 Å². The molecule has 0 unspecified atom stereocenters. The average molecular weight is 606 g/mol. The van der Waals surface area contributed by atoms with E-state index in [4.69, 9.17) is 0 Å². The quantitative estimate of drug-likeness (QED) is 0.315. The Morgan fingerprint density at radius 3 is 1.00 bits per heavy atom. The lowest BCUT2D eigenvalue weighted by Gasteiger charge is -2.46. The molecule has 1 heterocycles. The van der Waals surface area contributed by atoms with Crippen molar-refractivity contribution in [3.05, 3.63) is 85.5 Å². The molecule has 30 heavy (non-hydrogen) atoms. The van der Waals surface area contributed by atoms with Gasteiger partial charge in [-0.15, -0.1) is 0 Å². The largest absolute Gasteiger partial charge is 0.335 e. The van der Waals surface area contributed by atoms with Crippen LogP contribution in [0, 0.1) is 17.5 Å². The molecule has 0 saturated carbocycles. The molecule has 0 N–H and O–H groups in total. The van der Waals surface area contributed by atoms with Crippen LogP contribution in [0.25, 0.3) is 0 Å². The molecule has 1 fully saturated rings. The monoisotopic (exact) mass is 603 g/mol. The third-order valence-electron chi connectivity index (χ3n) is 4.78. The van der Waals surface area contributed by atoms with Gasteiger partial charge in [0.15, 0.2) is 0 Å². The zero-order valence-electron chi connectivity index (χ0n) is 15.4. The van der Waals surface area contributed by atoms with E-state index in [2.05, 4.69) is 62.5 Å². The molecule has 1 aliphatic heterocycles. The molecule has 0 aromatic heterocycles. The first-order valence-electron chi connectivity index (χ1n) is 8.92. The third-order valence-corrected chi connectivity index (χ3v) is 6.68. The van der Waals surface area contributed by atoms with Gasteiger partial charge in [0.2, 0.25) is 0 Å². The minimum atomic E-state index is -0.334. The van der Waals surface area contributed by atoms with Crippen LogP contribution >= 0.6 is 47.8 Å². The second-order valence-corrected chi connectivity index (χ2v) is 9.39. The summed E-state index contributed by atoms with van der Waals surface area (Å²) in [7, 11) is 0. The minimum absolute atomic E-state index is 0.334. The Balaban J connectivity index is 1.75. The number of hydrogen-bond donors (Lipinski definition) is 0. The fourth-order valence-electron chi connectivity index (χ4n) is 3.42. The van der Waals surface area contributed by atoms with E-state index in [1.165, 1.54) is 36.4 Å².